The van der Waals surface area contributed by atoms with Crippen molar-refractivity contribution in [3.63, 3.8) is 0 Å². The molecule has 1 fully saturated rings. The smallest absolute Gasteiger partial charge is 0.414 e. The molecule has 0 aliphatic carbocycles. The van der Waals surface area contributed by atoms with Crippen LogP contribution in [-0.2, 0) is 9.53 Å². The first-order chi connectivity index (χ1) is 13.5. The topological polar surface area (TPSA) is 95.3 Å². The lowest BCUT2D eigenvalue weighted by molar-refractivity contribution is -0.119. The molecule has 3 rings (SSSR count). The number of amides is 2. The Morgan fingerprint density at radius 1 is 1.36 bits per heavy atom. The Balaban J connectivity index is 1.74. The molecule has 1 aliphatic heterocycles. The van der Waals surface area contributed by atoms with Gasteiger partial charge in [0.25, 0.3) is 0 Å². The predicted molar refractivity (Wildman–Crippen MR) is 97.6 cm³/mol. The highest BCUT2D eigenvalue weighted by atomic mass is 19.1. The van der Waals surface area contributed by atoms with Crippen LogP contribution < -0.4 is 10.2 Å². The number of benzene rings is 1. The highest BCUT2D eigenvalue weighted by Gasteiger charge is 2.32. The molecule has 1 aromatic heterocycles. The summed E-state index contributed by atoms with van der Waals surface area (Å²) in [6.45, 7) is 1.77. The van der Waals surface area contributed by atoms with Gasteiger partial charge in [-0.25, -0.2) is 9.18 Å². The number of carbonyl (C=O) groups is 2. The highest BCUT2D eigenvalue weighted by Crippen LogP contribution is 2.23. The second kappa shape index (κ2) is 8.19. The number of hydrogen-bond donors (Lipinski definition) is 1. The van der Waals surface area contributed by atoms with Crippen LogP contribution in [0.5, 0.6) is 0 Å². The molecule has 1 atom stereocenters. The normalized spacial score (nSPS) is 15.2. The molecule has 2 heterocycles. The number of nitrogens with one attached hydrogen (secondary N) is 1. The lowest BCUT2D eigenvalue weighted by Crippen LogP contribution is -2.33. The van der Waals surface area contributed by atoms with Gasteiger partial charge in [0, 0.05) is 24.9 Å². The number of pyridine rings is 1. The number of hydrogen-bond acceptors (Lipinski definition) is 5. The molecular weight excluding hydrogens is 363 g/mol. The number of nitrogens with zero attached hydrogens (tertiary/aromatic N) is 3. The van der Waals surface area contributed by atoms with Crippen molar-refractivity contribution < 1.29 is 18.7 Å². The first-order valence-electron chi connectivity index (χ1n) is 8.35. The Hall–Kier alpha value is -3.91. The van der Waals surface area contributed by atoms with Crippen molar-refractivity contribution in [1.29, 1.82) is 5.26 Å². The summed E-state index contributed by atoms with van der Waals surface area (Å²) in [5, 5.41) is 11.4. The summed E-state index contributed by atoms with van der Waals surface area (Å²) < 4.78 is 19.6. The fourth-order valence-corrected chi connectivity index (χ4v) is 2.58. The van der Waals surface area contributed by atoms with E-state index in [0.29, 0.717) is 16.8 Å². The Kier molecular flexibility index (Phi) is 5.52. The second-order valence-electron chi connectivity index (χ2n) is 6.04. The fraction of sp³-hybridized carbons (Fsp3) is 0.200. The minimum Gasteiger partial charge on any atom is -0.442 e. The SMILES string of the molecule is CC(=O)NC[C@H]1CN(c2ccc(C#Cc3cncc(C#N)c3)c(F)c2)C(=O)O1. The summed E-state index contributed by atoms with van der Waals surface area (Å²) in [6, 6.07) is 7.76. The van der Waals surface area contributed by atoms with Gasteiger partial charge in [-0.15, -0.1) is 0 Å². The Bertz CT molecular complexity index is 1040. The molecule has 2 aromatic rings. The van der Waals surface area contributed by atoms with Gasteiger partial charge in [0.2, 0.25) is 5.91 Å². The van der Waals surface area contributed by atoms with Gasteiger partial charge in [0.15, 0.2) is 0 Å². The number of nitriles is 1. The lowest BCUT2D eigenvalue weighted by atomic mass is 10.1. The molecule has 1 N–H and O–H groups in total. The molecule has 28 heavy (non-hydrogen) atoms. The van der Waals surface area contributed by atoms with Crippen molar-refractivity contribution in [2.24, 2.45) is 0 Å². The van der Waals surface area contributed by atoms with Crippen molar-refractivity contribution in [2.45, 2.75) is 13.0 Å². The van der Waals surface area contributed by atoms with E-state index in [1.54, 1.807) is 12.1 Å². The number of ether oxygens (including phenoxy) is 1. The molecule has 2 amide bonds. The minimum atomic E-state index is -0.604. The number of anilines is 1. The molecule has 0 unspecified atom stereocenters. The summed E-state index contributed by atoms with van der Waals surface area (Å²) >= 11 is 0. The summed E-state index contributed by atoms with van der Waals surface area (Å²) in [6.07, 6.45) is 1.79. The Morgan fingerprint density at radius 2 is 2.14 bits per heavy atom. The van der Waals surface area contributed by atoms with Gasteiger partial charge in [-0.3, -0.25) is 14.7 Å². The highest BCUT2D eigenvalue weighted by molar-refractivity contribution is 5.90. The quantitative estimate of drug-likeness (QED) is 0.824. The van der Waals surface area contributed by atoms with Crippen LogP contribution in [0.4, 0.5) is 14.9 Å². The molecular formula is C20H15FN4O3. The van der Waals surface area contributed by atoms with Crippen LogP contribution in [-0.4, -0.2) is 36.2 Å². The Morgan fingerprint density at radius 3 is 2.86 bits per heavy atom. The van der Waals surface area contributed by atoms with Gasteiger partial charge in [-0.2, -0.15) is 5.26 Å². The average molecular weight is 378 g/mol. The molecule has 0 radical (unpaired) electrons. The maximum absolute atomic E-state index is 14.4. The summed E-state index contributed by atoms with van der Waals surface area (Å²) in [7, 11) is 0. The van der Waals surface area contributed by atoms with Crippen molar-refractivity contribution >= 4 is 17.7 Å². The Labute approximate surface area is 160 Å². The monoisotopic (exact) mass is 378 g/mol. The third kappa shape index (κ3) is 4.43. The predicted octanol–water partition coefficient (Wildman–Crippen LogP) is 1.95. The number of cyclic esters (lactones) is 1. The van der Waals surface area contributed by atoms with E-state index in [-0.39, 0.29) is 24.6 Å². The zero-order valence-corrected chi connectivity index (χ0v) is 14.9. The molecule has 1 aromatic carbocycles. The third-order valence-electron chi connectivity index (χ3n) is 3.93. The maximum Gasteiger partial charge on any atom is 0.414 e. The molecule has 1 aliphatic rings. The van der Waals surface area contributed by atoms with Gasteiger partial charge in [-0.05, 0) is 24.3 Å². The van der Waals surface area contributed by atoms with Gasteiger partial charge in [0.05, 0.1) is 29.9 Å². The van der Waals surface area contributed by atoms with E-state index in [1.807, 2.05) is 6.07 Å². The average Bonchev–Trinajstić information content (AvgIpc) is 3.06. The zero-order valence-electron chi connectivity index (χ0n) is 14.9. The molecule has 0 bridgehead atoms. The fourth-order valence-electron chi connectivity index (χ4n) is 2.58. The van der Waals surface area contributed by atoms with E-state index < -0.39 is 18.0 Å². The van der Waals surface area contributed by atoms with Gasteiger partial charge >= 0.3 is 6.09 Å². The largest absolute Gasteiger partial charge is 0.442 e. The molecule has 1 saturated heterocycles. The van der Waals surface area contributed by atoms with Crippen LogP contribution in [0.1, 0.15) is 23.6 Å². The number of rotatable bonds is 3. The van der Waals surface area contributed by atoms with Gasteiger partial charge < -0.3 is 10.1 Å². The van der Waals surface area contributed by atoms with Crippen LogP contribution in [0.25, 0.3) is 0 Å². The standard InChI is InChI=1S/C20H15FN4O3/c1-13(26)24-11-18-12-25(20(27)28-18)17-5-4-16(19(21)7-17)3-2-14-6-15(8-22)10-23-9-14/h4-7,9-10,18H,11-12H2,1H3,(H,24,26)/t18-/m0/s1. The number of halogens is 1. The number of aromatic nitrogens is 1. The van der Waals surface area contributed by atoms with Gasteiger partial charge in [0.1, 0.15) is 18.0 Å². The van der Waals surface area contributed by atoms with Crippen molar-refractivity contribution in [3.05, 3.63) is 59.2 Å². The minimum absolute atomic E-state index is 0.147. The van der Waals surface area contributed by atoms with Crippen LogP contribution in [0.15, 0.2) is 36.7 Å². The van der Waals surface area contributed by atoms with Crippen LogP contribution in [0.2, 0.25) is 0 Å². The van der Waals surface area contributed by atoms with Crippen molar-refractivity contribution in [1.82, 2.24) is 10.3 Å². The maximum atomic E-state index is 14.4. The summed E-state index contributed by atoms with van der Waals surface area (Å²) in [5.74, 6) is 4.64. The van der Waals surface area contributed by atoms with E-state index >= 15 is 0 Å². The number of carbonyl (C=O) groups excluding carboxylic acids is 2. The first kappa shape index (κ1) is 18.9. The van der Waals surface area contributed by atoms with E-state index in [9.17, 15) is 14.0 Å². The lowest BCUT2D eigenvalue weighted by Gasteiger charge is -2.13. The molecule has 7 nitrogen and oxygen atoms in total. The van der Waals surface area contributed by atoms with Crippen molar-refractivity contribution in [3.8, 4) is 17.9 Å². The molecule has 0 spiro atoms. The van der Waals surface area contributed by atoms with E-state index in [1.165, 1.54) is 36.4 Å². The van der Waals surface area contributed by atoms with Crippen molar-refractivity contribution in [2.75, 3.05) is 18.0 Å². The second-order valence-corrected chi connectivity index (χ2v) is 6.04. The van der Waals surface area contributed by atoms with Crippen LogP contribution >= 0.6 is 0 Å². The van der Waals surface area contributed by atoms with E-state index in [0.717, 1.165) is 0 Å². The molecule has 0 saturated carbocycles. The summed E-state index contributed by atoms with van der Waals surface area (Å²) in [5.41, 5.74) is 1.34. The van der Waals surface area contributed by atoms with E-state index in [2.05, 4.69) is 22.1 Å². The summed E-state index contributed by atoms with van der Waals surface area (Å²) in [4.78, 5) is 28.2. The zero-order chi connectivity index (χ0) is 20.1. The van der Waals surface area contributed by atoms with Crippen LogP contribution in [0.3, 0.4) is 0 Å². The van der Waals surface area contributed by atoms with Crippen LogP contribution in [0, 0.1) is 29.0 Å². The third-order valence-corrected chi connectivity index (χ3v) is 3.93. The van der Waals surface area contributed by atoms with E-state index in [4.69, 9.17) is 10.00 Å². The molecule has 8 heteroatoms. The molecule has 140 valence electrons. The first-order valence-corrected chi connectivity index (χ1v) is 8.35. The van der Waals surface area contributed by atoms with Gasteiger partial charge in [-0.1, -0.05) is 11.8 Å².